The second-order valence-electron chi connectivity index (χ2n) is 2.90. The van der Waals surface area contributed by atoms with Gasteiger partial charge in [0.15, 0.2) is 0 Å². The first kappa shape index (κ1) is 9.93. The lowest BCUT2D eigenvalue weighted by Crippen LogP contribution is -1.88. The summed E-state index contributed by atoms with van der Waals surface area (Å²) in [6, 6.07) is 0. The molecule has 0 amide bonds. The lowest BCUT2D eigenvalue weighted by atomic mass is 10.1. The summed E-state index contributed by atoms with van der Waals surface area (Å²) < 4.78 is 0. The van der Waals surface area contributed by atoms with Gasteiger partial charge in [-0.05, 0) is 13.3 Å². The highest BCUT2D eigenvalue weighted by Crippen LogP contribution is 2.27. The van der Waals surface area contributed by atoms with E-state index < -0.39 is 0 Å². The Bertz CT molecular complexity index is 247. The molecule has 0 aliphatic rings. The van der Waals surface area contributed by atoms with Crippen molar-refractivity contribution in [1.82, 2.24) is 10.2 Å². The average molecular weight is 205 g/mol. The smallest absolute Gasteiger partial charge is 0.135 e. The quantitative estimate of drug-likeness (QED) is 0.706. The third kappa shape index (κ3) is 2.17. The van der Waals surface area contributed by atoms with E-state index in [0.29, 0.717) is 5.92 Å². The Morgan fingerprint density at radius 2 is 1.92 bits per heavy atom. The second-order valence-corrected chi connectivity index (χ2v) is 4.60. The van der Waals surface area contributed by atoms with Gasteiger partial charge in [0.05, 0.1) is 5.38 Å². The van der Waals surface area contributed by atoms with E-state index in [9.17, 15) is 0 Å². The number of hydrogen-bond acceptors (Lipinski definition) is 3. The van der Waals surface area contributed by atoms with Crippen LogP contribution in [0.25, 0.3) is 0 Å². The van der Waals surface area contributed by atoms with Crippen LogP contribution in [-0.2, 0) is 0 Å². The van der Waals surface area contributed by atoms with Crippen molar-refractivity contribution in [2.24, 2.45) is 0 Å². The summed E-state index contributed by atoms with van der Waals surface area (Å²) >= 11 is 7.49. The molecule has 0 aromatic carbocycles. The Morgan fingerprint density at radius 1 is 1.33 bits per heavy atom. The van der Waals surface area contributed by atoms with Crippen LogP contribution in [0.5, 0.6) is 0 Å². The number of halogens is 1. The van der Waals surface area contributed by atoms with E-state index in [4.69, 9.17) is 11.6 Å². The van der Waals surface area contributed by atoms with Crippen molar-refractivity contribution in [3.05, 3.63) is 10.0 Å². The van der Waals surface area contributed by atoms with Crippen molar-refractivity contribution in [3.8, 4) is 0 Å². The molecule has 0 saturated carbocycles. The van der Waals surface area contributed by atoms with E-state index in [-0.39, 0.29) is 5.38 Å². The van der Waals surface area contributed by atoms with Gasteiger partial charge in [0, 0.05) is 5.92 Å². The average Bonchev–Trinajstić information content (AvgIpc) is 2.51. The van der Waals surface area contributed by atoms with Gasteiger partial charge in [-0.15, -0.1) is 21.8 Å². The predicted octanol–water partition coefficient (Wildman–Crippen LogP) is 3.35. The molecule has 2 nitrogen and oxygen atoms in total. The van der Waals surface area contributed by atoms with Crippen LogP contribution in [0.3, 0.4) is 0 Å². The molecule has 0 bridgehead atoms. The molecule has 1 rings (SSSR count). The normalized spacial score (nSPS) is 16.0. The lowest BCUT2D eigenvalue weighted by molar-refractivity contribution is 0.713. The Kier molecular flexibility index (Phi) is 3.47. The van der Waals surface area contributed by atoms with Crippen molar-refractivity contribution in [2.75, 3.05) is 0 Å². The van der Waals surface area contributed by atoms with Crippen LogP contribution in [0.4, 0.5) is 0 Å². The highest BCUT2D eigenvalue weighted by atomic mass is 35.5. The van der Waals surface area contributed by atoms with Crippen molar-refractivity contribution in [3.63, 3.8) is 0 Å². The highest BCUT2D eigenvalue weighted by Gasteiger charge is 2.12. The molecule has 2 unspecified atom stereocenters. The van der Waals surface area contributed by atoms with Gasteiger partial charge in [-0.25, -0.2) is 0 Å². The summed E-state index contributed by atoms with van der Waals surface area (Å²) in [7, 11) is 0. The number of rotatable bonds is 3. The molecule has 4 heteroatoms. The van der Waals surface area contributed by atoms with Crippen LogP contribution in [0.15, 0.2) is 0 Å². The van der Waals surface area contributed by atoms with E-state index in [1.165, 1.54) is 0 Å². The van der Waals surface area contributed by atoms with Crippen LogP contribution in [0.2, 0.25) is 0 Å². The molecule has 0 aliphatic heterocycles. The van der Waals surface area contributed by atoms with Gasteiger partial charge in [0.1, 0.15) is 10.0 Å². The summed E-state index contributed by atoms with van der Waals surface area (Å²) in [5, 5.41) is 10.1. The van der Waals surface area contributed by atoms with Crippen LogP contribution in [0, 0.1) is 0 Å². The van der Waals surface area contributed by atoms with Gasteiger partial charge >= 0.3 is 0 Å². The molecule has 0 fully saturated rings. The van der Waals surface area contributed by atoms with Crippen molar-refractivity contribution in [1.29, 1.82) is 0 Å². The van der Waals surface area contributed by atoms with E-state index in [0.717, 1.165) is 16.4 Å². The zero-order valence-corrected chi connectivity index (χ0v) is 9.11. The molecule has 1 aromatic rings. The van der Waals surface area contributed by atoms with Gasteiger partial charge in [-0.1, -0.05) is 25.2 Å². The van der Waals surface area contributed by atoms with E-state index >= 15 is 0 Å². The Morgan fingerprint density at radius 3 is 2.33 bits per heavy atom. The third-order valence-corrected chi connectivity index (χ3v) is 3.50. The standard InChI is InChI=1S/C8H13ClN2S/c1-4-5(2)7-10-11-8(12-7)6(3)9/h5-6H,4H2,1-3H3. The van der Waals surface area contributed by atoms with Gasteiger partial charge < -0.3 is 0 Å². The van der Waals surface area contributed by atoms with Gasteiger partial charge in [-0.3, -0.25) is 0 Å². The van der Waals surface area contributed by atoms with Gasteiger partial charge in [-0.2, -0.15) is 0 Å². The molecular weight excluding hydrogens is 192 g/mol. The minimum atomic E-state index is -0.0136. The fourth-order valence-electron chi connectivity index (χ4n) is 0.781. The van der Waals surface area contributed by atoms with E-state index in [1.807, 2.05) is 6.92 Å². The topological polar surface area (TPSA) is 25.8 Å². The first-order valence-electron chi connectivity index (χ1n) is 4.12. The molecule has 68 valence electrons. The molecule has 0 radical (unpaired) electrons. The van der Waals surface area contributed by atoms with Gasteiger partial charge in [0.25, 0.3) is 0 Å². The summed E-state index contributed by atoms with van der Waals surface area (Å²) in [6.07, 6.45) is 1.10. The number of alkyl halides is 1. The fourth-order valence-corrected chi connectivity index (χ4v) is 1.87. The molecule has 2 atom stereocenters. The zero-order chi connectivity index (χ0) is 9.14. The van der Waals surface area contributed by atoms with Crippen molar-refractivity contribution < 1.29 is 0 Å². The van der Waals surface area contributed by atoms with Crippen LogP contribution >= 0.6 is 22.9 Å². The highest BCUT2D eigenvalue weighted by molar-refractivity contribution is 7.11. The van der Waals surface area contributed by atoms with Crippen LogP contribution < -0.4 is 0 Å². The monoisotopic (exact) mass is 204 g/mol. The first-order chi connectivity index (χ1) is 5.65. The maximum atomic E-state index is 5.87. The molecule has 0 spiro atoms. The maximum absolute atomic E-state index is 5.87. The number of hydrogen-bond donors (Lipinski definition) is 0. The molecule has 12 heavy (non-hydrogen) atoms. The Balaban J connectivity index is 2.77. The second kappa shape index (κ2) is 4.19. The Hall–Kier alpha value is -0.150. The van der Waals surface area contributed by atoms with Crippen molar-refractivity contribution in [2.45, 2.75) is 38.5 Å². The minimum absolute atomic E-state index is 0.0136. The summed E-state index contributed by atoms with van der Waals surface area (Å²) in [5.74, 6) is 0.506. The maximum Gasteiger partial charge on any atom is 0.135 e. The largest absolute Gasteiger partial charge is 0.143 e. The molecular formula is C8H13ClN2S. The molecule has 0 saturated heterocycles. The number of nitrogens with zero attached hydrogens (tertiary/aromatic N) is 2. The molecule has 0 aliphatic carbocycles. The number of aromatic nitrogens is 2. The van der Waals surface area contributed by atoms with Crippen LogP contribution in [0.1, 0.15) is 48.5 Å². The SMILES string of the molecule is CCC(C)c1nnc(C(C)Cl)s1. The van der Waals surface area contributed by atoms with Crippen molar-refractivity contribution >= 4 is 22.9 Å². The predicted molar refractivity (Wildman–Crippen MR) is 52.9 cm³/mol. The fraction of sp³-hybridized carbons (Fsp3) is 0.750. The molecule has 0 N–H and O–H groups in total. The van der Waals surface area contributed by atoms with E-state index in [2.05, 4.69) is 24.0 Å². The lowest BCUT2D eigenvalue weighted by Gasteiger charge is -2.00. The minimum Gasteiger partial charge on any atom is -0.143 e. The van der Waals surface area contributed by atoms with Gasteiger partial charge in [0.2, 0.25) is 0 Å². The third-order valence-electron chi connectivity index (χ3n) is 1.83. The Labute approximate surface area is 82.0 Å². The summed E-state index contributed by atoms with van der Waals surface area (Å²) in [6.45, 7) is 6.22. The van der Waals surface area contributed by atoms with E-state index in [1.54, 1.807) is 11.3 Å². The molecule has 1 heterocycles. The first-order valence-corrected chi connectivity index (χ1v) is 5.37. The molecule has 1 aromatic heterocycles. The summed E-state index contributed by atoms with van der Waals surface area (Å²) in [4.78, 5) is 0. The zero-order valence-electron chi connectivity index (χ0n) is 7.54. The summed E-state index contributed by atoms with van der Waals surface area (Å²) in [5.41, 5.74) is 0. The van der Waals surface area contributed by atoms with Crippen LogP contribution in [-0.4, -0.2) is 10.2 Å².